The first-order valence-corrected chi connectivity index (χ1v) is 9.70. The van der Waals surface area contributed by atoms with Crippen molar-refractivity contribution in [3.8, 4) is 0 Å². The number of rotatable bonds is 6. The number of guanidine groups is 1. The van der Waals surface area contributed by atoms with Gasteiger partial charge in [0.2, 0.25) is 0 Å². The smallest absolute Gasteiger partial charge is 0.192 e. The van der Waals surface area contributed by atoms with Crippen molar-refractivity contribution in [2.24, 2.45) is 4.99 Å². The van der Waals surface area contributed by atoms with Gasteiger partial charge in [0.25, 0.3) is 0 Å². The lowest BCUT2D eigenvalue weighted by Gasteiger charge is -2.22. The number of anilines is 1. The molecule has 0 saturated carbocycles. The predicted octanol–water partition coefficient (Wildman–Crippen LogP) is 4.10. The highest BCUT2D eigenvalue weighted by Crippen LogP contribution is 2.23. The second-order valence-corrected chi connectivity index (χ2v) is 6.84. The average Bonchev–Trinajstić information content (AvgIpc) is 3.22. The molecule has 0 bridgehead atoms. The van der Waals surface area contributed by atoms with Crippen LogP contribution in [0.25, 0.3) is 0 Å². The number of hydrogen-bond acceptors (Lipinski definition) is 2. The van der Waals surface area contributed by atoms with Crippen molar-refractivity contribution < 1.29 is 0 Å². The standard InChI is InChI=1S/C22H30N4/c1-3-23-22(24-17-19-10-5-4-6-11-19)25-18(2)20-12-9-13-21(16-20)26-14-7-8-15-26/h4-6,9-13,16,18H,3,7-8,14-15,17H2,1-2H3,(H2,23,24,25). The summed E-state index contributed by atoms with van der Waals surface area (Å²) in [6.07, 6.45) is 2.60. The Morgan fingerprint density at radius 2 is 1.85 bits per heavy atom. The molecule has 2 aromatic rings. The SMILES string of the molecule is CCNC(=NCc1ccccc1)NC(C)c1cccc(N2CCCC2)c1. The molecule has 0 amide bonds. The molecular formula is C22H30N4. The maximum absolute atomic E-state index is 4.73. The van der Waals surface area contributed by atoms with Gasteiger partial charge in [-0.3, -0.25) is 0 Å². The van der Waals surface area contributed by atoms with Gasteiger partial charge in [-0.05, 0) is 49.9 Å². The quantitative estimate of drug-likeness (QED) is 0.608. The van der Waals surface area contributed by atoms with E-state index in [2.05, 4.69) is 77.9 Å². The van der Waals surface area contributed by atoms with E-state index in [0.717, 1.165) is 12.5 Å². The van der Waals surface area contributed by atoms with Crippen LogP contribution in [0.15, 0.2) is 59.6 Å². The third kappa shape index (κ3) is 5.01. The Balaban J connectivity index is 1.67. The first kappa shape index (κ1) is 18.3. The van der Waals surface area contributed by atoms with Crippen molar-refractivity contribution in [1.82, 2.24) is 10.6 Å². The molecule has 1 atom stereocenters. The fourth-order valence-electron chi connectivity index (χ4n) is 3.33. The zero-order chi connectivity index (χ0) is 18.2. The van der Waals surface area contributed by atoms with E-state index in [4.69, 9.17) is 4.99 Å². The summed E-state index contributed by atoms with van der Waals surface area (Å²) in [6, 6.07) is 19.4. The van der Waals surface area contributed by atoms with Crippen molar-refractivity contribution in [3.63, 3.8) is 0 Å². The molecule has 4 nitrogen and oxygen atoms in total. The van der Waals surface area contributed by atoms with Crippen molar-refractivity contribution in [2.45, 2.75) is 39.3 Å². The van der Waals surface area contributed by atoms with Crippen LogP contribution in [0.1, 0.15) is 43.9 Å². The molecule has 0 aromatic heterocycles. The summed E-state index contributed by atoms with van der Waals surface area (Å²) in [6.45, 7) is 8.16. The molecule has 1 saturated heterocycles. The number of aliphatic imine (C=N–C) groups is 1. The highest BCUT2D eigenvalue weighted by atomic mass is 15.2. The Hall–Kier alpha value is -2.49. The lowest BCUT2D eigenvalue weighted by atomic mass is 10.1. The van der Waals surface area contributed by atoms with Gasteiger partial charge in [0, 0.05) is 25.3 Å². The maximum Gasteiger partial charge on any atom is 0.192 e. The van der Waals surface area contributed by atoms with Crippen LogP contribution in [-0.4, -0.2) is 25.6 Å². The van der Waals surface area contributed by atoms with E-state index in [1.807, 2.05) is 6.07 Å². The molecule has 1 aliphatic rings. The minimum Gasteiger partial charge on any atom is -0.372 e. The first-order chi connectivity index (χ1) is 12.8. The van der Waals surface area contributed by atoms with E-state index in [9.17, 15) is 0 Å². The third-order valence-corrected chi connectivity index (χ3v) is 4.80. The topological polar surface area (TPSA) is 39.7 Å². The molecule has 1 unspecified atom stereocenters. The van der Waals surface area contributed by atoms with Gasteiger partial charge in [-0.2, -0.15) is 0 Å². The number of nitrogens with one attached hydrogen (secondary N) is 2. The molecule has 1 heterocycles. The van der Waals surface area contributed by atoms with Crippen LogP contribution in [0, 0.1) is 0 Å². The Labute approximate surface area is 157 Å². The predicted molar refractivity (Wildman–Crippen MR) is 111 cm³/mol. The fourth-order valence-corrected chi connectivity index (χ4v) is 3.33. The van der Waals surface area contributed by atoms with Crippen molar-refractivity contribution >= 4 is 11.6 Å². The van der Waals surface area contributed by atoms with E-state index < -0.39 is 0 Å². The molecule has 3 rings (SSSR count). The second kappa shape index (κ2) is 9.27. The van der Waals surface area contributed by atoms with Gasteiger partial charge < -0.3 is 15.5 Å². The Kier molecular flexibility index (Phi) is 6.53. The third-order valence-electron chi connectivity index (χ3n) is 4.80. The molecular weight excluding hydrogens is 320 g/mol. The van der Waals surface area contributed by atoms with Crippen LogP contribution < -0.4 is 15.5 Å². The van der Waals surface area contributed by atoms with Gasteiger partial charge in [-0.15, -0.1) is 0 Å². The highest BCUT2D eigenvalue weighted by molar-refractivity contribution is 5.80. The zero-order valence-electron chi connectivity index (χ0n) is 15.9. The maximum atomic E-state index is 4.73. The van der Waals surface area contributed by atoms with E-state index in [1.165, 1.54) is 42.7 Å². The summed E-state index contributed by atoms with van der Waals surface area (Å²) >= 11 is 0. The van der Waals surface area contributed by atoms with Crippen LogP contribution in [0.3, 0.4) is 0 Å². The zero-order valence-corrected chi connectivity index (χ0v) is 15.9. The molecule has 0 aliphatic carbocycles. The molecule has 138 valence electrons. The van der Waals surface area contributed by atoms with Gasteiger partial charge in [0.1, 0.15) is 0 Å². The van der Waals surface area contributed by atoms with Crippen LogP contribution in [-0.2, 0) is 6.54 Å². The highest BCUT2D eigenvalue weighted by Gasteiger charge is 2.14. The van der Waals surface area contributed by atoms with Crippen LogP contribution in [0.4, 0.5) is 5.69 Å². The van der Waals surface area contributed by atoms with E-state index in [1.54, 1.807) is 0 Å². The van der Waals surface area contributed by atoms with Gasteiger partial charge in [0.05, 0.1) is 12.6 Å². The Morgan fingerprint density at radius 1 is 1.08 bits per heavy atom. The molecule has 0 spiro atoms. The van der Waals surface area contributed by atoms with Gasteiger partial charge in [-0.1, -0.05) is 42.5 Å². The minimum absolute atomic E-state index is 0.200. The molecule has 1 aliphatic heterocycles. The summed E-state index contributed by atoms with van der Waals surface area (Å²) in [7, 11) is 0. The molecule has 4 heteroatoms. The monoisotopic (exact) mass is 350 g/mol. The average molecular weight is 351 g/mol. The minimum atomic E-state index is 0.200. The Bertz CT molecular complexity index is 705. The summed E-state index contributed by atoms with van der Waals surface area (Å²) in [5, 5.41) is 6.89. The lowest BCUT2D eigenvalue weighted by Crippen LogP contribution is -2.38. The van der Waals surface area contributed by atoms with Crippen LogP contribution in [0.2, 0.25) is 0 Å². The molecule has 26 heavy (non-hydrogen) atoms. The van der Waals surface area contributed by atoms with Crippen molar-refractivity contribution in [3.05, 3.63) is 65.7 Å². The summed E-state index contributed by atoms with van der Waals surface area (Å²) in [4.78, 5) is 7.21. The summed E-state index contributed by atoms with van der Waals surface area (Å²) in [5.41, 5.74) is 3.84. The van der Waals surface area contributed by atoms with Gasteiger partial charge in [0.15, 0.2) is 5.96 Å². The normalized spacial score (nSPS) is 15.8. The second-order valence-electron chi connectivity index (χ2n) is 6.84. The number of nitrogens with zero attached hydrogens (tertiary/aromatic N) is 2. The van der Waals surface area contributed by atoms with Crippen molar-refractivity contribution in [2.75, 3.05) is 24.5 Å². The lowest BCUT2D eigenvalue weighted by molar-refractivity contribution is 0.686. The van der Waals surface area contributed by atoms with E-state index >= 15 is 0 Å². The largest absolute Gasteiger partial charge is 0.372 e. The first-order valence-electron chi connectivity index (χ1n) is 9.70. The fraction of sp³-hybridized carbons (Fsp3) is 0.409. The molecule has 2 aromatic carbocycles. The van der Waals surface area contributed by atoms with Gasteiger partial charge >= 0.3 is 0 Å². The van der Waals surface area contributed by atoms with Crippen molar-refractivity contribution in [1.29, 1.82) is 0 Å². The van der Waals surface area contributed by atoms with E-state index in [-0.39, 0.29) is 6.04 Å². The summed E-state index contributed by atoms with van der Waals surface area (Å²) < 4.78 is 0. The summed E-state index contributed by atoms with van der Waals surface area (Å²) in [5.74, 6) is 0.857. The Morgan fingerprint density at radius 3 is 2.58 bits per heavy atom. The molecule has 2 N–H and O–H groups in total. The number of hydrogen-bond donors (Lipinski definition) is 2. The molecule has 1 fully saturated rings. The molecule has 0 radical (unpaired) electrons. The van der Waals surface area contributed by atoms with Crippen LogP contribution in [0.5, 0.6) is 0 Å². The van der Waals surface area contributed by atoms with Crippen LogP contribution >= 0.6 is 0 Å². The van der Waals surface area contributed by atoms with E-state index in [0.29, 0.717) is 6.54 Å². The van der Waals surface area contributed by atoms with Gasteiger partial charge in [-0.25, -0.2) is 4.99 Å². The number of benzene rings is 2.